The zero-order valence-electron chi connectivity index (χ0n) is 14.9. The standard InChI is InChI=1S/C20H23FN2O2/c1-13(18(24)23-17-8-6-5-7-16(17)21)22-19(25)14-9-11-15(12-10-14)20(2,3)4/h5-13H,1-4H3,(H,22,25)(H,23,24). The molecule has 25 heavy (non-hydrogen) atoms. The van der Waals surface area contributed by atoms with E-state index in [4.69, 9.17) is 0 Å². The second kappa shape index (κ2) is 7.47. The molecule has 2 aromatic carbocycles. The van der Waals surface area contributed by atoms with Gasteiger partial charge in [0.05, 0.1) is 5.69 Å². The van der Waals surface area contributed by atoms with Crippen LogP contribution in [0, 0.1) is 5.82 Å². The van der Waals surface area contributed by atoms with Gasteiger partial charge in [-0.05, 0) is 42.2 Å². The SMILES string of the molecule is CC(NC(=O)c1ccc(C(C)(C)C)cc1)C(=O)Nc1ccccc1F. The van der Waals surface area contributed by atoms with Gasteiger partial charge >= 0.3 is 0 Å². The van der Waals surface area contributed by atoms with Crippen LogP contribution in [-0.4, -0.2) is 17.9 Å². The fourth-order valence-corrected chi connectivity index (χ4v) is 2.27. The van der Waals surface area contributed by atoms with Gasteiger partial charge in [-0.2, -0.15) is 0 Å². The average molecular weight is 342 g/mol. The van der Waals surface area contributed by atoms with Crippen molar-refractivity contribution < 1.29 is 14.0 Å². The summed E-state index contributed by atoms with van der Waals surface area (Å²) < 4.78 is 13.6. The average Bonchev–Trinajstić information content (AvgIpc) is 2.56. The first-order valence-electron chi connectivity index (χ1n) is 8.15. The van der Waals surface area contributed by atoms with Gasteiger partial charge in [-0.3, -0.25) is 9.59 Å². The van der Waals surface area contributed by atoms with E-state index in [0.29, 0.717) is 5.56 Å². The van der Waals surface area contributed by atoms with E-state index in [1.165, 1.54) is 18.2 Å². The summed E-state index contributed by atoms with van der Waals surface area (Å²) in [6.45, 7) is 7.84. The van der Waals surface area contributed by atoms with Crippen LogP contribution in [0.5, 0.6) is 0 Å². The highest BCUT2D eigenvalue weighted by Gasteiger charge is 2.19. The summed E-state index contributed by atoms with van der Waals surface area (Å²) in [7, 11) is 0. The van der Waals surface area contributed by atoms with Crippen LogP contribution in [-0.2, 0) is 10.2 Å². The van der Waals surface area contributed by atoms with Crippen LogP contribution in [0.25, 0.3) is 0 Å². The summed E-state index contributed by atoms with van der Waals surface area (Å²) in [5.41, 5.74) is 1.68. The lowest BCUT2D eigenvalue weighted by Gasteiger charge is -2.19. The topological polar surface area (TPSA) is 58.2 Å². The van der Waals surface area contributed by atoms with Gasteiger partial charge in [0.15, 0.2) is 0 Å². The molecular formula is C20H23FN2O2. The van der Waals surface area contributed by atoms with E-state index in [0.717, 1.165) is 5.56 Å². The quantitative estimate of drug-likeness (QED) is 0.886. The van der Waals surface area contributed by atoms with Crippen molar-refractivity contribution >= 4 is 17.5 Å². The lowest BCUT2D eigenvalue weighted by atomic mass is 9.86. The van der Waals surface area contributed by atoms with Gasteiger partial charge < -0.3 is 10.6 Å². The molecule has 0 bridgehead atoms. The Kier molecular flexibility index (Phi) is 5.57. The van der Waals surface area contributed by atoms with Crippen LogP contribution in [0.4, 0.5) is 10.1 Å². The summed E-state index contributed by atoms with van der Waals surface area (Å²) in [6, 6.07) is 12.4. The molecule has 0 aliphatic rings. The molecule has 5 heteroatoms. The predicted octanol–water partition coefficient (Wildman–Crippen LogP) is 3.88. The fraction of sp³-hybridized carbons (Fsp3) is 0.300. The summed E-state index contributed by atoms with van der Waals surface area (Å²) in [5, 5.41) is 5.09. The van der Waals surface area contributed by atoms with Crippen molar-refractivity contribution in [2.24, 2.45) is 0 Å². The third-order valence-electron chi connectivity index (χ3n) is 3.89. The van der Waals surface area contributed by atoms with Crippen molar-refractivity contribution in [3.8, 4) is 0 Å². The minimum atomic E-state index is -0.797. The fourth-order valence-electron chi connectivity index (χ4n) is 2.27. The van der Waals surface area contributed by atoms with Gasteiger partial charge in [0, 0.05) is 5.56 Å². The number of anilines is 1. The molecule has 4 nitrogen and oxygen atoms in total. The van der Waals surface area contributed by atoms with Crippen molar-refractivity contribution in [3.05, 3.63) is 65.5 Å². The van der Waals surface area contributed by atoms with E-state index in [-0.39, 0.29) is 17.0 Å². The Bertz CT molecular complexity index is 764. The number of carbonyl (C=O) groups is 2. The molecule has 1 unspecified atom stereocenters. The number of carbonyl (C=O) groups excluding carboxylic acids is 2. The van der Waals surface area contributed by atoms with E-state index < -0.39 is 17.8 Å². The molecule has 0 heterocycles. The molecule has 2 aromatic rings. The van der Waals surface area contributed by atoms with Crippen molar-refractivity contribution in [3.63, 3.8) is 0 Å². The minimum absolute atomic E-state index is 0.00192. The predicted molar refractivity (Wildman–Crippen MR) is 97.1 cm³/mol. The molecule has 0 spiro atoms. The molecule has 0 aromatic heterocycles. The van der Waals surface area contributed by atoms with Gasteiger partial charge in [-0.1, -0.05) is 45.0 Å². The second-order valence-electron chi connectivity index (χ2n) is 6.99. The number of para-hydroxylation sites is 1. The number of hydrogen-bond acceptors (Lipinski definition) is 2. The largest absolute Gasteiger partial charge is 0.341 e. The Morgan fingerprint density at radius 1 is 1.00 bits per heavy atom. The second-order valence-corrected chi connectivity index (χ2v) is 6.99. The molecule has 2 N–H and O–H groups in total. The van der Waals surface area contributed by atoms with Gasteiger partial charge in [0.1, 0.15) is 11.9 Å². The van der Waals surface area contributed by atoms with Crippen LogP contribution in [0.1, 0.15) is 43.6 Å². The highest BCUT2D eigenvalue weighted by Crippen LogP contribution is 2.22. The van der Waals surface area contributed by atoms with Crippen molar-refractivity contribution in [2.45, 2.75) is 39.2 Å². The normalized spacial score (nSPS) is 12.4. The van der Waals surface area contributed by atoms with Crippen molar-refractivity contribution in [2.75, 3.05) is 5.32 Å². The van der Waals surface area contributed by atoms with E-state index in [2.05, 4.69) is 31.4 Å². The molecular weight excluding hydrogens is 319 g/mol. The monoisotopic (exact) mass is 342 g/mol. The lowest BCUT2D eigenvalue weighted by Crippen LogP contribution is -2.41. The molecule has 1 atom stereocenters. The summed E-state index contributed by atoms with van der Waals surface area (Å²) in [4.78, 5) is 24.4. The molecule has 2 rings (SSSR count). The first-order chi connectivity index (χ1) is 11.7. The van der Waals surface area contributed by atoms with Crippen molar-refractivity contribution in [1.82, 2.24) is 5.32 Å². The number of hydrogen-bond donors (Lipinski definition) is 2. The van der Waals surface area contributed by atoms with Crippen molar-refractivity contribution in [1.29, 1.82) is 0 Å². The van der Waals surface area contributed by atoms with Gasteiger partial charge in [0.25, 0.3) is 5.91 Å². The molecule has 0 fully saturated rings. The van der Waals surface area contributed by atoms with Gasteiger partial charge in [-0.15, -0.1) is 0 Å². The first-order valence-corrected chi connectivity index (χ1v) is 8.15. The lowest BCUT2D eigenvalue weighted by molar-refractivity contribution is -0.117. The van der Waals surface area contributed by atoms with E-state index in [9.17, 15) is 14.0 Å². The number of nitrogens with one attached hydrogen (secondary N) is 2. The maximum atomic E-state index is 13.6. The Balaban J connectivity index is 1.99. The Morgan fingerprint density at radius 3 is 2.16 bits per heavy atom. The third kappa shape index (κ3) is 4.89. The first kappa shape index (κ1) is 18.6. The highest BCUT2D eigenvalue weighted by molar-refractivity contribution is 6.01. The van der Waals surface area contributed by atoms with E-state index >= 15 is 0 Å². The maximum Gasteiger partial charge on any atom is 0.251 e. The zero-order chi connectivity index (χ0) is 18.6. The Morgan fingerprint density at radius 2 is 1.60 bits per heavy atom. The van der Waals surface area contributed by atoms with E-state index in [1.54, 1.807) is 25.1 Å². The number of benzene rings is 2. The minimum Gasteiger partial charge on any atom is -0.341 e. The van der Waals surface area contributed by atoms with Crippen LogP contribution < -0.4 is 10.6 Å². The van der Waals surface area contributed by atoms with Gasteiger partial charge in [-0.25, -0.2) is 4.39 Å². The summed E-state index contributed by atoms with van der Waals surface area (Å²) >= 11 is 0. The maximum absolute atomic E-state index is 13.6. The van der Waals surface area contributed by atoms with Crippen LogP contribution in [0.15, 0.2) is 48.5 Å². The molecule has 132 valence electrons. The number of halogens is 1. The van der Waals surface area contributed by atoms with Crippen LogP contribution in [0.2, 0.25) is 0 Å². The zero-order valence-corrected chi connectivity index (χ0v) is 14.9. The molecule has 0 saturated carbocycles. The van der Waals surface area contributed by atoms with Gasteiger partial charge in [0.2, 0.25) is 5.91 Å². The van der Waals surface area contributed by atoms with E-state index in [1.807, 2.05) is 12.1 Å². The number of rotatable bonds is 4. The molecule has 2 amide bonds. The number of amides is 2. The molecule has 0 radical (unpaired) electrons. The summed E-state index contributed by atoms with van der Waals surface area (Å²) in [6.07, 6.45) is 0. The van der Waals surface area contributed by atoms with Crippen LogP contribution >= 0.6 is 0 Å². The smallest absolute Gasteiger partial charge is 0.251 e. The Labute approximate surface area is 147 Å². The molecule has 0 aliphatic carbocycles. The third-order valence-corrected chi connectivity index (χ3v) is 3.89. The van der Waals surface area contributed by atoms with Crippen LogP contribution in [0.3, 0.4) is 0 Å². The molecule has 0 aliphatic heterocycles. The summed E-state index contributed by atoms with van der Waals surface area (Å²) in [5.74, 6) is -1.35. The Hall–Kier alpha value is -2.69. The highest BCUT2D eigenvalue weighted by atomic mass is 19.1. The molecule has 0 saturated heterocycles.